The molecule has 1 aromatic heterocycles. The Bertz CT molecular complexity index is 703. The molecule has 1 unspecified atom stereocenters. The number of carbonyl (C=O) groups excluding carboxylic acids is 1. The van der Waals surface area contributed by atoms with E-state index >= 15 is 0 Å². The van der Waals surface area contributed by atoms with Crippen molar-refractivity contribution in [2.75, 3.05) is 18.4 Å². The third-order valence-corrected chi connectivity index (χ3v) is 5.04. The van der Waals surface area contributed by atoms with Gasteiger partial charge in [0.05, 0.1) is 12.1 Å². The molecule has 0 aliphatic carbocycles. The molecule has 128 valence electrons. The second kappa shape index (κ2) is 7.85. The molecule has 0 spiro atoms. The van der Waals surface area contributed by atoms with Gasteiger partial charge in [0, 0.05) is 18.5 Å². The van der Waals surface area contributed by atoms with Crippen molar-refractivity contribution >= 4 is 22.4 Å². The van der Waals surface area contributed by atoms with Crippen molar-refractivity contribution in [1.29, 1.82) is 0 Å². The number of hydrogen-bond donors (Lipinski definition) is 1. The van der Waals surface area contributed by atoms with Crippen LogP contribution in [0.2, 0.25) is 0 Å². The van der Waals surface area contributed by atoms with Crippen LogP contribution in [-0.2, 0) is 17.8 Å². The van der Waals surface area contributed by atoms with Gasteiger partial charge in [-0.15, -0.1) is 11.3 Å². The van der Waals surface area contributed by atoms with Gasteiger partial charge in [-0.05, 0) is 36.9 Å². The topological polar surface area (TPSA) is 45.2 Å². The van der Waals surface area contributed by atoms with Crippen LogP contribution < -0.4 is 5.32 Å². The minimum Gasteiger partial charge on any atom is -0.302 e. The molecule has 0 saturated carbocycles. The van der Waals surface area contributed by atoms with E-state index in [1.54, 1.807) is 18.2 Å². The van der Waals surface area contributed by atoms with Crippen molar-refractivity contribution in [1.82, 2.24) is 9.88 Å². The maximum Gasteiger partial charge on any atom is 0.230 e. The van der Waals surface area contributed by atoms with Crippen molar-refractivity contribution in [3.63, 3.8) is 0 Å². The summed E-state index contributed by atoms with van der Waals surface area (Å²) in [4.78, 5) is 19.0. The van der Waals surface area contributed by atoms with E-state index in [0.717, 1.165) is 31.2 Å². The normalized spacial score (nSPS) is 18.5. The van der Waals surface area contributed by atoms with Gasteiger partial charge in [0.15, 0.2) is 5.13 Å². The lowest BCUT2D eigenvalue weighted by molar-refractivity contribution is -0.115. The number of nitrogens with one attached hydrogen (secondary N) is 1. The van der Waals surface area contributed by atoms with Crippen LogP contribution >= 0.6 is 11.3 Å². The predicted octanol–water partition coefficient (Wildman–Crippen LogP) is 3.70. The van der Waals surface area contributed by atoms with Crippen LogP contribution in [0.5, 0.6) is 0 Å². The van der Waals surface area contributed by atoms with Crippen LogP contribution in [0.15, 0.2) is 29.6 Å². The quantitative estimate of drug-likeness (QED) is 0.897. The van der Waals surface area contributed by atoms with E-state index in [1.165, 1.54) is 30.2 Å². The highest BCUT2D eigenvalue weighted by atomic mass is 32.1. The number of halogens is 1. The van der Waals surface area contributed by atoms with Crippen LogP contribution in [0.4, 0.5) is 9.52 Å². The van der Waals surface area contributed by atoms with E-state index in [2.05, 4.69) is 22.1 Å². The summed E-state index contributed by atoms with van der Waals surface area (Å²) in [5.74, 6) is 0.136. The largest absolute Gasteiger partial charge is 0.302 e. The number of anilines is 1. The summed E-state index contributed by atoms with van der Waals surface area (Å²) in [5.41, 5.74) is 1.38. The Morgan fingerprint density at radius 1 is 1.46 bits per heavy atom. The number of aromatic nitrogens is 1. The van der Waals surface area contributed by atoms with Gasteiger partial charge in [-0.2, -0.15) is 0 Å². The van der Waals surface area contributed by atoms with E-state index in [9.17, 15) is 9.18 Å². The third-order valence-electron chi connectivity index (χ3n) is 4.23. The maximum absolute atomic E-state index is 13.6. The van der Waals surface area contributed by atoms with Gasteiger partial charge in [0.25, 0.3) is 0 Å². The lowest BCUT2D eigenvalue weighted by Gasteiger charge is -2.30. The van der Waals surface area contributed by atoms with Crippen LogP contribution in [0.1, 0.15) is 31.0 Å². The number of rotatable bonds is 5. The van der Waals surface area contributed by atoms with Crippen molar-refractivity contribution in [2.24, 2.45) is 5.92 Å². The summed E-state index contributed by atoms with van der Waals surface area (Å²) < 4.78 is 13.6. The van der Waals surface area contributed by atoms with Gasteiger partial charge in [0.2, 0.25) is 5.91 Å². The summed E-state index contributed by atoms with van der Waals surface area (Å²) in [7, 11) is 0. The lowest BCUT2D eigenvalue weighted by atomic mass is 10.0. The highest BCUT2D eigenvalue weighted by Crippen LogP contribution is 2.21. The summed E-state index contributed by atoms with van der Waals surface area (Å²) in [5, 5.41) is 5.33. The monoisotopic (exact) mass is 347 g/mol. The van der Waals surface area contributed by atoms with Crippen molar-refractivity contribution < 1.29 is 9.18 Å². The number of piperidine rings is 1. The fourth-order valence-corrected chi connectivity index (χ4v) is 3.79. The number of carbonyl (C=O) groups is 1. The summed E-state index contributed by atoms with van der Waals surface area (Å²) in [6.45, 7) is 5.31. The molecular weight excluding hydrogens is 325 g/mol. The van der Waals surface area contributed by atoms with Crippen molar-refractivity contribution in [3.05, 3.63) is 46.7 Å². The van der Waals surface area contributed by atoms with E-state index in [4.69, 9.17) is 0 Å². The SMILES string of the molecule is CC1CCCN(Cc2csc(NC(=O)Cc3ccccc3F)n2)C1. The van der Waals surface area contributed by atoms with Gasteiger partial charge in [-0.1, -0.05) is 25.1 Å². The Morgan fingerprint density at radius 2 is 2.29 bits per heavy atom. The molecule has 1 saturated heterocycles. The summed E-state index contributed by atoms with van der Waals surface area (Å²) in [6.07, 6.45) is 2.55. The molecule has 0 bridgehead atoms. The smallest absolute Gasteiger partial charge is 0.230 e. The first-order chi connectivity index (χ1) is 11.6. The molecule has 2 heterocycles. The van der Waals surface area contributed by atoms with Crippen LogP contribution in [0, 0.1) is 11.7 Å². The van der Waals surface area contributed by atoms with Crippen molar-refractivity contribution in [3.8, 4) is 0 Å². The summed E-state index contributed by atoms with van der Waals surface area (Å²) in [6, 6.07) is 6.33. The number of thiazole rings is 1. The molecule has 1 aliphatic rings. The summed E-state index contributed by atoms with van der Waals surface area (Å²) >= 11 is 1.42. The van der Waals surface area contributed by atoms with Gasteiger partial charge in [-0.3, -0.25) is 9.69 Å². The second-order valence-electron chi connectivity index (χ2n) is 6.44. The van der Waals surface area contributed by atoms with Crippen LogP contribution in [0.25, 0.3) is 0 Å². The molecule has 1 fully saturated rings. The zero-order chi connectivity index (χ0) is 16.9. The molecule has 1 aliphatic heterocycles. The molecular formula is C18H22FN3OS. The molecule has 24 heavy (non-hydrogen) atoms. The van der Waals surface area contributed by atoms with E-state index in [0.29, 0.717) is 10.7 Å². The van der Waals surface area contributed by atoms with Gasteiger partial charge >= 0.3 is 0 Å². The third kappa shape index (κ3) is 4.61. The lowest BCUT2D eigenvalue weighted by Crippen LogP contribution is -2.33. The zero-order valence-corrected chi connectivity index (χ0v) is 14.6. The Morgan fingerprint density at radius 3 is 3.08 bits per heavy atom. The Labute approximate surface area is 145 Å². The molecule has 1 N–H and O–H groups in total. The van der Waals surface area contributed by atoms with Crippen molar-refractivity contribution in [2.45, 2.75) is 32.7 Å². The molecule has 1 amide bonds. The number of amides is 1. The first-order valence-electron chi connectivity index (χ1n) is 8.30. The van der Waals surface area contributed by atoms with Crippen LogP contribution in [0.3, 0.4) is 0 Å². The fourth-order valence-electron chi connectivity index (χ4n) is 3.07. The first-order valence-corrected chi connectivity index (χ1v) is 9.18. The minimum atomic E-state index is -0.355. The average molecular weight is 347 g/mol. The van der Waals surface area contributed by atoms with Gasteiger partial charge in [0.1, 0.15) is 5.82 Å². The predicted molar refractivity (Wildman–Crippen MR) is 94.5 cm³/mol. The number of hydrogen-bond acceptors (Lipinski definition) is 4. The Kier molecular flexibility index (Phi) is 5.58. The van der Waals surface area contributed by atoms with E-state index in [-0.39, 0.29) is 18.1 Å². The van der Waals surface area contributed by atoms with Gasteiger partial charge in [-0.25, -0.2) is 9.37 Å². The molecule has 4 nitrogen and oxygen atoms in total. The van der Waals surface area contributed by atoms with E-state index < -0.39 is 0 Å². The highest BCUT2D eigenvalue weighted by Gasteiger charge is 2.17. The van der Waals surface area contributed by atoms with E-state index in [1.807, 2.05) is 5.38 Å². The number of likely N-dealkylation sites (tertiary alicyclic amines) is 1. The molecule has 1 aromatic carbocycles. The minimum absolute atomic E-state index is 0.0191. The number of nitrogens with zero attached hydrogens (tertiary/aromatic N) is 2. The Balaban J connectivity index is 1.54. The van der Waals surface area contributed by atoms with Crippen LogP contribution in [-0.4, -0.2) is 28.9 Å². The first kappa shape index (κ1) is 17.0. The maximum atomic E-state index is 13.6. The highest BCUT2D eigenvalue weighted by molar-refractivity contribution is 7.13. The second-order valence-corrected chi connectivity index (χ2v) is 7.30. The fraction of sp³-hybridized carbons (Fsp3) is 0.444. The Hall–Kier alpha value is -1.79. The standard InChI is InChI=1S/C18H22FN3OS/c1-13-5-4-8-22(10-13)11-15-12-24-18(20-15)21-17(23)9-14-6-2-3-7-16(14)19/h2-3,6-7,12-13H,4-5,8-11H2,1H3,(H,20,21,23). The zero-order valence-electron chi connectivity index (χ0n) is 13.8. The molecule has 1 atom stereocenters. The molecule has 6 heteroatoms. The average Bonchev–Trinajstić information content (AvgIpc) is 2.96. The number of benzene rings is 1. The van der Waals surface area contributed by atoms with Gasteiger partial charge < -0.3 is 5.32 Å². The molecule has 2 aromatic rings. The molecule has 3 rings (SSSR count). The molecule has 0 radical (unpaired) electrons.